The number of methoxy groups -OCH3 is 2. The fourth-order valence-electron chi connectivity index (χ4n) is 3.48. The minimum Gasteiger partial charge on any atom is -0.493 e. The number of alkyl halides is 3. The number of piperazine rings is 1. The van der Waals surface area contributed by atoms with Gasteiger partial charge in [-0.3, -0.25) is 9.59 Å². The second-order valence-electron chi connectivity index (χ2n) is 7.23. The van der Waals surface area contributed by atoms with Gasteiger partial charge in [-0.15, -0.1) is 0 Å². The van der Waals surface area contributed by atoms with Crippen LogP contribution < -0.4 is 14.8 Å². The van der Waals surface area contributed by atoms with E-state index in [1.54, 1.807) is 4.90 Å². The first-order valence-corrected chi connectivity index (χ1v) is 10.0. The lowest BCUT2D eigenvalue weighted by Crippen LogP contribution is -2.46. The van der Waals surface area contributed by atoms with Gasteiger partial charge in [0.1, 0.15) is 11.4 Å². The van der Waals surface area contributed by atoms with Crippen LogP contribution in [0.15, 0.2) is 36.4 Å². The molecular weight excluding hydrogens is 444 g/mol. The van der Waals surface area contributed by atoms with E-state index in [1.807, 2.05) is 0 Å². The maximum atomic E-state index is 13.8. The average Bonchev–Trinajstić information content (AvgIpc) is 2.81. The molecule has 176 valence electrons. The van der Waals surface area contributed by atoms with Gasteiger partial charge in [0, 0.05) is 37.3 Å². The predicted molar refractivity (Wildman–Crippen MR) is 113 cm³/mol. The van der Waals surface area contributed by atoms with Crippen LogP contribution in [0.2, 0.25) is 0 Å². The maximum absolute atomic E-state index is 13.8. The monoisotopic (exact) mass is 466 g/mol. The number of ketones is 1. The van der Waals surface area contributed by atoms with Crippen LogP contribution in [0, 0.1) is 5.82 Å². The Hall–Kier alpha value is -3.40. The quantitative estimate of drug-likeness (QED) is 0.399. The molecule has 1 N–H and O–H groups in total. The van der Waals surface area contributed by atoms with E-state index in [1.165, 1.54) is 12.1 Å². The van der Waals surface area contributed by atoms with E-state index < -0.39 is 35.0 Å². The number of ether oxygens (including phenoxy) is 2. The van der Waals surface area contributed by atoms with Crippen LogP contribution in [0.1, 0.15) is 31.8 Å². The highest BCUT2D eigenvalue weighted by molar-refractivity contribution is 6.08. The molecule has 2 aromatic carbocycles. The summed E-state index contributed by atoms with van der Waals surface area (Å²) >= 11 is 0. The molecule has 1 fully saturated rings. The van der Waals surface area contributed by atoms with Gasteiger partial charge in [0.2, 0.25) is 0 Å². The summed E-state index contributed by atoms with van der Waals surface area (Å²) in [5.74, 6) is -2.56. The molecule has 1 saturated heterocycles. The standard InChI is InChI=1S/C23H22F4N2O4/c1-32-20-12-15(11-18(21(20)33-2)23(25,26)27)19(30)6-4-14-3-5-16(24)13-17(14)22(31)29-9-7-28-8-10-29/h3-6,11-13,28H,7-10H2,1-2H3/b6-4+. The Bertz CT molecular complexity index is 1080. The molecule has 0 unspecified atom stereocenters. The van der Waals surface area contributed by atoms with Gasteiger partial charge in [-0.05, 0) is 35.9 Å². The molecule has 2 aromatic rings. The Labute approximate surface area is 187 Å². The number of hydrogen-bond donors (Lipinski definition) is 1. The van der Waals surface area contributed by atoms with Crippen molar-refractivity contribution in [1.29, 1.82) is 0 Å². The highest BCUT2D eigenvalue weighted by Gasteiger charge is 2.37. The fraction of sp³-hybridized carbons (Fsp3) is 0.304. The van der Waals surface area contributed by atoms with Crippen molar-refractivity contribution in [2.45, 2.75) is 6.18 Å². The van der Waals surface area contributed by atoms with Crippen molar-refractivity contribution >= 4 is 17.8 Å². The zero-order chi connectivity index (χ0) is 24.2. The Morgan fingerprint density at radius 2 is 1.76 bits per heavy atom. The van der Waals surface area contributed by atoms with E-state index in [2.05, 4.69) is 5.32 Å². The minimum atomic E-state index is -4.78. The molecule has 3 rings (SSSR count). The first-order chi connectivity index (χ1) is 15.7. The first kappa shape index (κ1) is 24.2. The number of hydrogen-bond acceptors (Lipinski definition) is 5. The number of carbonyl (C=O) groups excluding carboxylic acids is 2. The van der Waals surface area contributed by atoms with E-state index >= 15 is 0 Å². The Kier molecular flexibility index (Phi) is 7.37. The topological polar surface area (TPSA) is 67.9 Å². The van der Waals surface area contributed by atoms with Crippen molar-refractivity contribution in [1.82, 2.24) is 10.2 Å². The predicted octanol–water partition coefficient (Wildman–Crippen LogP) is 3.80. The molecule has 0 bridgehead atoms. The zero-order valence-electron chi connectivity index (χ0n) is 18.0. The molecule has 0 spiro atoms. The zero-order valence-corrected chi connectivity index (χ0v) is 18.0. The van der Waals surface area contributed by atoms with Crippen LogP contribution >= 0.6 is 0 Å². The molecule has 1 aliphatic rings. The van der Waals surface area contributed by atoms with E-state index in [0.29, 0.717) is 32.2 Å². The van der Waals surface area contributed by atoms with Crippen LogP contribution in [-0.4, -0.2) is 57.0 Å². The number of carbonyl (C=O) groups is 2. The molecule has 1 amide bonds. The van der Waals surface area contributed by atoms with Crippen LogP contribution in [0.3, 0.4) is 0 Å². The molecule has 0 atom stereocenters. The second-order valence-corrected chi connectivity index (χ2v) is 7.23. The molecule has 0 radical (unpaired) electrons. The number of amides is 1. The molecule has 1 heterocycles. The van der Waals surface area contributed by atoms with E-state index in [9.17, 15) is 27.2 Å². The molecule has 6 nitrogen and oxygen atoms in total. The van der Waals surface area contributed by atoms with Crippen LogP contribution in [0.5, 0.6) is 11.5 Å². The summed E-state index contributed by atoms with van der Waals surface area (Å²) in [5.41, 5.74) is -1.11. The normalized spacial score (nSPS) is 14.4. The summed E-state index contributed by atoms with van der Waals surface area (Å²) in [6.45, 7) is 2.10. The van der Waals surface area contributed by atoms with Crippen LogP contribution in [0.25, 0.3) is 6.08 Å². The molecule has 0 saturated carbocycles. The number of benzene rings is 2. The number of nitrogens with zero attached hydrogens (tertiary/aromatic N) is 1. The van der Waals surface area contributed by atoms with Crippen molar-refractivity contribution in [2.24, 2.45) is 0 Å². The highest BCUT2D eigenvalue weighted by atomic mass is 19.4. The largest absolute Gasteiger partial charge is 0.493 e. The van der Waals surface area contributed by atoms with Gasteiger partial charge in [-0.2, -0.15) is 13.2 Å². The third-order valence-electron chi connectivity index (χ3n) is 5.13. The van der Waals surface area contributed by atoms with Gasteiger partial charge in [0.25, 0.3) is 5.91 Å². The Morgan fingerprint density at radius 1 is 1.06 bits per heavy atom. The number of nitrogens with one attached hydrogen (secondary N) is 1. The minimum absolute atomic E-state index is 0.0595. The van der Waals surface area contributed by atoms with Gasteiger partial charge >= 0.3 is 6.18 Å². The van der Waals surface area contributed by atoms with Crippen molar-refractivity contribution in [3.05, 3.63) is 64.5 Å². The van der Waals surface area contributed by atoms with Crippen molar-refractivity contribution in [3.63, 3.8) is 0 Å². The van der Waals surface area contributed by atoms with E-state index in [4.69, 9.17) is 9.47 Å². The number of rotatable bonds is 6. The summed E-state index contributed by atoms with van der Waals surface area (Å²) in [7, 11) is 2.23. The molecular formula is C23H22F4N2O4. The molecule has 0 aliphatic carbocycles. The molecule has 0 aromatic heterocycles. The van der Waals surface area contributed by atoms with Gasteiger partial charge in [-0.1, -0.05) is 12.1 Å². The highest BCUT2D eigenvalue weighted by Crippen LogP contribution is 2.42. The summed E-state index contributed by atoms with van der Waals surface area (Å²) in [6, 6.07) is 5.36. The number of halogens is 4. The Morgan fingerprint density at radius 3 is 2.36 bits per heavy atom. The first-order valence-electron chi connectivity index (χ1n) is 10.0. The molecule has 10 heteroatoms. The van der Waals surface area contributed by atoms with Crippen molar-refractivity contribution in [3.8, 4) is 11.5 Å². The third-order valence-corrected chi connectivity index (χ3v) is 5.13. The molecule has 1 aliphatic heterocycles. The van der Waals surface area contributed by atoms with E-state index in [-0.39, 0.29) is 22.4 Å². The summed E-state index contributed by atoms with van der Waals surface area (Å²) in [5, 5.41) is 3.11. The lowest BCUT2D eigenvalue weighted by molar-refractivity contribution is -0.138. The number of allylic oxidation sites excluding steroid dienone is 1. The van der Waals surface area contributed by atoms with Crippen molar-refractivity contribution < 1.29 is 36.6 Å². The van der Waals surface area contributed by atoms with Crippen LogP contribution in [0.4, 0.5) is 17.6 Å². The average molecular weight is 466 g/mol. The van der Waals surface area contributed by atoms with Crippen LogP contribution in [-0.2, 0) is 6.18 Å². The van der Waals surface area contributed by atoms with Crippen molar-refractivity contribution in [2.75, 3.05) is 40.4 Å². The van der Waals surface area contributed by atoms with Gasteiger partial charge in [0.15, 0.2) is 17.3 Å². The van der Waals surface area contributed by atoms with Gasteiger partial charge in [0.05, 0.1) is 14.2 Å². The SMILES string of the molecule is COc1cc(C(=O)/C=C/c2ccc(F)cc2C(=O)N2CCNCC2)cc(C(F)(F)F)c1OC. The van der Waals surface area contributed by atoms with Gasteiger partial charge < -0.3 is 19.7 Å². The van der Waals surface area contributed by atoms with E-state index in [0.717, 1.165) is 38.5 Å². The van der Waals surface area contributed by atoms with Gasteiger partial charge in [-0.25, -0.2) is 4.39 Å². The summed E-state index contributed by atoms with van der Waals surface area (Å²) in [6.07, 6.45) is -2.47. The lowest BCUT2D eigenvalue weighted by atomic mass is 10.0. The summed E-state index contributed by atoms with van der Waals surface area (Å²) in [4.78, 5) is 27.1. The molecule has 33 heavy (non-hydrogen) atoms. The fourth-order valence-corrected chi connectivity index (χ4v) is 3.48. The smallest absolute Gasteiger partial charge is 0.420 e. The third kappa shape index (κ3) is 5.51. The second kappa shape index (κ2) is 10.0. The summed E-state index contributed by atoms with van der Waals surface area (Å²) < 4.78 is 64.0. The lowest BCUT2D eigenvalue weighted by Gasteiger charge is -2.28. The maximum Gasteiger partial charge on any atom is 0.420 e. The Balaban J connectivity index is 1.95.